The molecule has 1 aliphatic heterocycles. The van der Waals surface area contributed by atoms with Gasteiger partial charge in [-0.3, -0.25) is 4.79 Å². The molecular weight excluding hydrogens is 396 g/mol. The second kappa shape index (κ2) is 9.75. The van der Waals surface area contributed by atoms with Gasteiger partial charge in [0.15, 0.2) is 0 Å². The van der Waals surface area contributed by atoms with Gasteiger partial charge in [0.05, 0.1) is 4.90 Å². The fourth-order valence-electron chi connectivity index (χ4n) is 4.16. The van der Waals surface area contributed by atoms with Crippen LogP contribution < -0.4 is 0 Å². The van der Waals surface area contributed by atoms with Crippen LogP contribution in [-0.4, -0.2) is 49.7 Å². The number of piperidine rings is 1. The van der Waals surface area contributed by atoms with E-state index in [1.165, 1.54) is 9.87 Å². The van der Waals surface area contributed by atoms with Crippen LogP contribution in [0.3, 0.4) is 0 Å². The lowest BCUT2D eigenvalue weighted by Gasteiger charge is -2.32. The molecule has 1 heterocycles. The van der Waals surface area contributed by atoms with Gasteiger partial charge < -0.3 is 4.90 Å². The third kappa shape index (κ3) is 4.93. The zero-order valence-electron chi connectivity index (χ0n) is 18.2. The number of benzene rings is 2. The van der Waals surface area contributed by atoms with E-state index in [0.717, 1.165) is 24.8 Å². The SMILES string of the molecule is CCN(CC)S(=O)(=O)c1ccc(C)c(C(=O)N2CCC(Cc3ccccc3)CC2)c1. The molecule has 2 aromatic carbocycles. The molecule has 1 fully saturated rings. The summed E-state index contributed by atoms with van der Waals surface area (Å²) >= 11 is 0. The van der Waals surface area contributed by atoms with Crippen LogP contribution in [-0.2, 0) is 16.4 Å². The van der Waals surface area contributed by atoms with Crippen LogP contribution in [0.1, 0.15) is 48.2 Å². The second-order valence-corrected chi connectivity index (χ2v) is 9.93. The van der Waals surface area contributed by atoms with Gasteiger partial charge in [0, 0.05) is 31.7 Å². The number of hydrogen-bond acceptors (Lipinski definition) is 3. The fourth-order valence-corrected chi connectivity index (χ4v) is 5.65. The molecule has 162 valence electrons. The Morgan fingerprint density at radius 2 is 1.67 bits per heavy atom. The van der Waals surface area contributed by atoms with E-state index in [4.69, 9.17) is 0 Å². The molecule has 3 rings (SSSR count). The molecule has 1 saturated heterocycles. The maximum atomic E-state index is 13.2. The summed E-state index contributed by atoms with van der Waals surface area (Å²) < 4.78 is 27.2. The average Bonchev–Trinajstić information content (AvgIpc) is 2.75. The minimum atomic E-state index is -3.59. The smallest absolute Gasteiger partial charge is 0.254 e. The van der Waals surface area contributed by atoms with Crippen molar-refractivity contribution in [2.75, 3.05) is 26.2 Å². The van der Waals surface area contributed by atoms with E-state index in [-0.39, 0.29) is 10.8 Å². The summed E-state index contributed by atoms with van der Waals surface area (Å²) in [6.07, 6.45) is 2.98. The van der Waals surface area contributed by atoms with Crippen molar-refractivity contribution in [3.8, 4) is 0 Å². The minimum Gasteiger partial charge on any atom is -0.339 e. The van der Waals surface area contributed by atoms with Crippen molar-refractivity contribution in [1.29, 1.82) is 0 Å². The van der Waals surface area contributed by atoms with E-state index < -0.39 is 10.0 Å². The van der Waals surface area contributed by atoms with Gasteiger partial charge in [-0.25, -0.2) is 8.42 Å². The quantitative estimate of drug-likeness (QED) is 0.667. The lowest BCUT2D eigenvalue weighted by molar-refractivity contribution is 0.0689. The van der Waals surface area contributed by atoms with E-state index in [1.54, 1.807) is 18.2 Å². The molecule has 0 aliphatic carbocycles. The maximum absolute atomic E-state index is 13.2. The molecule has 0 spiro atoms. The number of carbonyl (C=O) groups excluding carboxylic acids is 1. The molecule has 0 aromatic heterocycles. The number of likely N-dealkylation sites (tertiary alicyclic amines) is 1. The number of nitrogens with zero attached hydrogens (tertiary/aromatic N) is 2. The van der Waals surface area contributed by atoms with Crippen LogP contribution >= 0.6 is 0 Å². The number of aryl methyl sites for hydroxylation is 1. The summed E-state index contributed by atoms with van der Waals surface area (Å²) in [5, 5.41) is 0. The summed E-state index contributed by atoms with van der Waals surface area (Å²) in [4.78, 5) is 15.3. The normalized spacial score (nSPS) is 15.5. The second-order valence-electron chi connectivity index (χ2n) is 7.99. The number of sulfonamides is 1. The number of rotatable bonds is 7. The number of amides is 1. The van der Waals surface area contributed by atoms with Crippen LogP contribution in [0.2, 0.25) is 0 Å². The van der Waals surface area contributed by atoms with Crippen LogP contribution in [0.25, 0.3) is 0 Å². The minimum absolute atomic E-state index is 0.0674. The Labute approximate surface area is 180 Å². The molecule has 0 bridgehead atoms. The first kappa shape index (κ1) is 22.5. The van der Waals surface area contributed by atoms with Crippen LogP contribution in [0.4, 0.5) is 0 Å². The van der Waals surface area contributed by atoms with E-state index >= 15 is 0 Å². The van der Waals surface area contributed by atoms with Gasteiger partial charge in [-0.2, -0.15) is 4.31 Å². The number of hydrogen-bond donors (Lipinski definition) is 0. The summed E-state index contributed by atoms with van der Waals surface area (Å²) in [5.74, 6) is 0.509. The van der Waals surface area contributed by atoms with Gasteiger partial charge in [-0.15, -0.1) is 0 Å². The van der Waals surface area contributed by atoms with Gasteiger partial charge in [0.2, 0.25) is 10.0 Å². The highest BCUT2D eigenvalue weighted by atomic mass is 32.2. The monoisotopic (exact) mass is 428 g/mol. The summed E-state index contributed by atoms with van der Waals surface area (Å²) in [7, 11) is -3.59. The van der Waals surface area contributed by atoms with Gasteiger partial charge in [-0.05, 0) is 55.4 Å². The first-order valence-corrected chi connectivity index (χ1v) is 12.2. The van der Waals surface area contributed by atoms with Gasteiger partial charge in [-0.1, -0.05) is 50.2 Å². The summed E-state index contributed by atoms with van der Waals surface area (Å²) in [5.41, 5.74) is 2.64. The standard InChI is InChI=1S/C24H32N2O3S/c1-4-26(5-2)30(28,29)22-12-11-19(3)23(18-22)24(27)25-15-13-21(14-16-25)17-20-9-7-6-8-10-20/h6-12,18,21H,4-5,13-17H2,1-3H3. The molecule has 0 saturated carbocycles. The predicted molar refractivity (Wildman–Crippen MR) is 120 cm³/mol. The first-order chi connectivity index (χ1) is 14.4. The Morgan fingerprint density at radius 1 is 1.03 bits per heavy atom. The summed E-state index contributed by atoms with van der Waals surface area (Å²) in [6.45, 7) is 7.74. The molecule has 1 aliphatic rings. The maximum Gasteiger partial charge on any atom is 0.254 e. The molecule has 2 aromatic rings. The highest BCUT2D eigenvalue weighted by molar-refractivity contribution is 7.89. The zero-order chi connectivity index (χ0) is 21.7. The molecule has 5 nitrogen and oxygen atoms in total. The van der Waals surface area contributed by atoms with Crippen molar-refractivity contribution in [2.24, 2.45) is 5.92 Å². The van der Waals surface area contributed by atoms with Crippen molar-refractivity contribution >= 4 is 15.9 Å². The first-order valence-electron chi connectivity index (χ1n) is 10.8. The van der Waals surface area contributed by atoms with Crippen LogP contribution in [0, 0.1) is 12.8 Å². The highest BCUT2D eigenvalue weighted by Gasteiger charge is 2.27. The van der Waals surface area contributed by atoms with Gasteiger partial charge >= 0.3 is 0 Å². The molecule has 1 amide bonds. The molecular formula is C24H32N2O3S. The molecule has 0 N–H and O–H groups in total. The lowest BCUT2D eigenvalue weighted by Crippen LogP contribution is -2.39. The molecule has 0 unspecified atom stereocenters. The predicted octanol–water partition coefficient (Wildman–Crippen LogP) is 4.12. The third-order valence-corrected chi connectivity index (χ3v) is 8.10. The molecule has 30 heavy (non-hydrogen) atoms. The highest BCUT2D eigenvalue weighted by Crippen LogP contribution is 2.25. The molecule has 6 heteroatoms. The van der Waals surface area contributed by atoms with Crippen molar-refractivity contribution in [3.63, 3.8) is 0 Å². The van der Waals surface area contributed by atoms with E-state index in [1.807, 2.05) is 31.7 Å². The largest absolute Gasteiger partial charge is 0.339 e. The van der Waals surface area contributed by atoms with E-state index in [0.29, 0.717) is 37.7 Å². The van der Waals surface area contributed by atoms with E-state index in [9.17, 15) is 13.2 Å². The number of carbonyl (C=O) groups is 1. The Kier molecular flexibility index (Phi) is 7.32. The average molecular weight is 429 g/mol. The Morgan fingerprint density at radius 3 is 2.27 bits per heavy atom. The molecule has 0 atom stereocenters. The van der Waals surface area contributed by atoms with Crippen molar-refractivity contribution < 1.29 is 13.2 Å². The van der Waals surface area contributed by atoms with E-state index in [2.05, 4.69) is 24.3 Å². The third-order valence-electron chi connectivity index (χ3n) is 6.05. The van der Waals surface area contributed by atoms with Crippen LogP contribution in [0.15, 0.2) is 53.4 Å². The fraction of sp³-hybridized carbons (Fsp3) is 0.458. The topological polar surface area (TPSA) is 57.7 Å². The van der Waals surface area contributed by atoms with Crippen molar-refractivity contribution in [1.82, 2.24) is 9.21 Å². The lowest BCUT2D eigenvalue weighted by atomic mass is 9.90. The van der Waals surface area contributed by atoms with Crippen molar-refractivity contribution in [3.05, 3.63) is 65.2 Å². The molecule has 0 radical (unpaired) electrons. The Balaban J connectivity index is 1.71. The summed E-state index contributed by atoms with van der Waals surface area (Å²) in [6, 6.07) is 15.4. The van der Waals surface area contributed by atoms with Gasteiger partial charge in [0.25, 0.3) is 5.91 Å². The Hall–Kier alpha value is -2.18. The van der Waals surface area contributed by atoms with Gasteiger partial charge in [0.1, 0.15) is 0 Å². The van der Waals surface area contributed by atoms with Crippen LogP contribution in [0.5, 0.6) is 0 Å². The Bertz CT molecular complexity index is 961. The zero-order valence-corrected chi connectivity index (χ0v) is 19.0. The van der Waals surface area contributed by atoms with Crippen molar-refractivity contribution in [2.45, 2.75) is 44.9 Å².